The van der Waals surface area contributed by atoms with Gasteiger partial charge in [-0.1, -0.05) is 29.3 Å². The highest BCUT2D eigenvalue weighted by atomic mass is 35.5. The Hall–Kier alpha value is -2.92. The number of anilines is 3. The van der Waals surface area contributed by atoms with Gasteiger partial charge in [-0.2, -0.15) is 23.4 Å². The van der Waals surface area contributed by atoms with Crippen molar-refractivity contribution in [2.75, 3.05) is 10.6 Å². The highest BCUT2D eigenvalue weighted by molar-refractivity contribution is 6.31. The minimum Gasteiger partial charge on any atom is -0.365 e. The lowest BCUT2D eigenvalue weighted by Crippen LogP contribution is -2.16. The van der Waals surface area contributed by atoms with Crippen molar-refractivity contribution in [3.8, 4) is 0 Å². The lowest BCUT2D eigenvalue weighted by Gasteiger charge is -2.09. The van der Waals surface area contributed by atoms with Gasteiger partial charge in [-0.15, -0.1) is 0 Å². The number of carbonyl (C=O) groups excluding carboxylic acids is 1. The van der Waals surface area contributed by atoms with Crippen LogP contribution in [0.2, 0.25) is 10.2 Å². The minimum absolute atomic E-state index is 0.0232. The van der Waals surface area contributed by atoms with E-state index in [9.17, 15) is 18.0 Å². The van der Waals surface area contributed by atoms with Crippen LogP contribution in [-0.4, -0.2) is 25.9 Å². The predicted molar refractivity (Wildman–Crippen MR) is 102 cm³/mol. The van der Waals surface area contributed by atoms with Crippen molar-refractivity contribution < 1.29 is 18.0 Å². The van der Waals surface area contributed by atoms with E-state index in [2.05, 4.69) is 25.9 Å². The van der Waals surface area contributed by atoms with Gasteiger partial charge in [0.1, 0.15) is 16.5 Å². The largest absolute Gasteiger partial charge is 0.435 e. The van der Waals surface area contributed by atoms with E-state index < -0.39 is 17.8 Å². The number of amides is 1. The van der Waals surface area contributed by atoms with E-state index in [1.165, 1.54) is 7.05 Å². The minimum atomic E-state index is -4.69. The van der Waals surface area contributed by atoms with E-state index in [1.54, 1.807) is 24.3 Å². The molecule has 8 nitrogen and oxygen atoms in total. The summed E-state index contributed by atoms with van der Waals surface area (Å²) in [6.45, 7) is -0.374. The Morgan fingerprint density at radius 2 is 2.07 bits per heavy atom. The van der Waals surface area contributed by atoms with Gasteiger partial charge in [0.25, 0.3) is 5.91 Å². The molecule has 1 aromatic carbocycles. The quantitative estimate of drug-likeness (QED) is 0.457. The van der Waals surface area contributed by atoms with Gasteiger partial charge in [-0.3, -0.25) is 14.6 Å². The summed E-state index contributed by atoms with van der Waals surface area (Å²) in [7, 11) is 1.29. The first kappa shape index (κ1) is 20.8. The van der Waals surface area contributed by atoms with Crippen LogP contribution < -0.4 is 16.4 Å². The predicted octanol–water partition coefficient (Wildman–Crippen LogP) is 3.92. The molecular formula is C16H14Cl2F3N7O. The number of aromatic nitrogens is 4. The number of hydrogen-bond donors (Lipinski definition) is 4. The van der Waals surface area contributed by atoms with E-state index in [1.807, 2.05) is 0 Å². The zero-order chi connectivity index (χ0) is 21.3. The van der Waals surface area contributed by atoms with Gasteiger partial charge in [0.05, 0.1) is 0 Å². The summed E-state index contributed by atoms with van der Waals surface area (Å²) < 4.78 is 40.4. The van der Waals surface area contributed by atoms with Crippen LogP contribution in [-0.2, 0) is 19.8 Å². The van der Waals surface area contributed by atoms with Crippen molar-refractivity contribution in [3.05, 3.63) is 51.3 Å². The Bertz CT molecular complexity index is 1060. The molecule has 1 amide bonds. The van der Waals surface area contributed by atoms with Gasteiger partial charge in [-0.25, -0.2) is 0 Å². The second-order valence-corrected chi connectivity index (χ2v) is 6.71. The molecule has 5 N–H and O–H groups in total. The number of nitrogens with two attached hydrogens (primary N) is 1. The zero-order valence-corrected chi connectivity index (χ0v) is 16.2. The number of hydrogen-bond acceptors (Lipinski definition) is 5. The summed E-state index contributed by atoms with van der Waals surface area (Å²) in [5.74, 6) is -0.746. The third-order valence-electron chi connectivity index (χ3n) is 3.88. The summed E-state index contributed by atoms with van der Waals surface area (Å²) in [5.41, 5.74) is 4.47. The number of nitrogens with one attached hydrogen (secondary N) is 3. The maximum atomic E-state index is 13.2. The molecule has 0 aliphatic carbocycles. The van der Waals surface area contributed by atoms with Crippen LogP contribution in [0.25, 0.3) is 0 Å². The van der Waals surface area contributed by atoms with Gasteiger partial charge in [0.15, 0.2) is 11.5 Å². The molecule has 0 fully saturated rings. The number of alkyl halides is 3. The Labute approximate surface area is 172 Å². The van der Waals surface area contributed by atoms with Crippen molar-refractivity contribution >= 4 is 46.4 Å². The Morgan fingerprint density at radius 3 is 2.69 bits per heavy atom. The van der Waals surface area contributed by atoms with E-state index in [0.29, 0.717) is 10.7 Å². The first-order valence-corrected chi connectivity index (χ1v) is 8.76. The number of primary amides is 1. The summed E-state index contributed by atoms with van der Waals surface area (Å²) in [6, 6.07) is 6.63. The summed E-state index contributed by atoms with van der Waals surface area (Å²) in [5, 5.41) is 15.7. The van der Waals surface area contributed by atoms with Crippen LogP contribution in [0, 0.1) is 0 Å². The molecule has 2 aromatic heterocycles. The average Bonchev–Trinajstić information content (AvgIpc) is 3.14. The number of aromatic amines is 1. The van der Waals surface area contributed by atoms with Crippen LogP contribution in [0.5, 0.6) is 0 Å². The maximum Gasteiger partial charge on any atom is 0.435 e. The molecule has 0 aliphatic heterocycles. The van der Waals surface area contributed by atoms with Gasteiger partial charge in [0.2, 0.25) is 0 Å². The molecule has 0 aliphatic rings. The SMILES string of the molecule is Cn1nc(C(F)(F)F)c(CNc2[nH]nc(Nc3cccc(Cl)c3)c2C(N)=O)c1Cl. The normalized spacial score (nSPS) is 11.5. The van der Waals surface area contributed by atoms with Crippen molar-refractivity contribution in [3.63, 3.8) is 0 Å². The number of aryl methyl sites for hydroxylation is 1. The summed E-state index contributed by atoms with van der Waals surface area (Å²) >= 11 is 11.9. The monoisotopic (exact) mass is 447 g/mol. The number of rotatable bonds is 6. The third kappa shape index (κ3) is 4.40. The van der Waals surface area contributed by atoms with Gasteiger partial charge in [-0.05, 0) is 18.2 Å². The molecule has 0 unspecified atom stereocenters. The van der Waals surface area contributed by atoms with E-state index in [-0.39, 0.29) is 34.5 Å². The van der Waals surface area contributed by atoms with Gasteiger partial charge in [0, 0.05) is 29.9 Å². The van der Waals surface area contributed by atoms with Crippen molar-refractivity contribution in [1.29, 1.82) is 0 Å². The first-order valence-electron chi connectivity index (χ1n) is 8.01. The molecule has 0 saturated carbocycles. The average molecular weight is 448 g/mol. The van der Waals surface area contributed by atoms with E-state index >= 15 is 0 Å². The van der Waals surface area contributed by atoms with Gasteiger partial charge < -0.3 is 16.4 Å². The molecule has 2 heterocycles. The van der Waals surface area contributed by atoms with E-state index in [0.717, 1.165) is 4.68 Å². The topological polar surface area (TPSA) is 114 Å². The lowest BCUT2D eigenvalue weighted by atomic mass is 10.2. The number of nitrogens with zero attached hydrogens (tertiary/aromatic N) is 3. The first-order chi connectivity index (χ1) is 13.6. The van der Waals surface area contributed by atoms with Crippen molar-refractivity contribution in [2.24, 2.45) is 12.8 Å². The second kappa shape index (κ2) is 7.84. The van der Waals surface area contributed by atoms with Crippen molar-refractivity contribution in [1.82, 2.24) is 20.0 Å². The Balaban J connectivity index is 1.88. The van der Waals surface area contributed by atoms with Crippen LogP contribution in [0.15, 0.2) is 24.3 Å². The summed E-state index contributed by atoms with van der Waals surface area (Å²) in [6.07, 6.45) is -4.69. The summed E-state index contributed by atoms with van der Waals surface area (Å²) in [4.78, 5) is 11.9. The maximum absolute atomic E-state index is 13.2. The molecule has 13 heteroatoms. The number of halogens is 5. The van der Waals surface area contributed by atoms with Crippen LogP contribution in [0.3, 0.4) is 0 Å². The molecule has 0 saturated heterocycles. The molecule has 0 atom stereocenters. The molecule has 3 rings (SSSR count). The number of H-pyrrole nitrogens is 1. The Kier molecular flexibility index (Phi) is 5.62. The fourth-order valence-electron chi connectivity index (χ4n) is 2.61. The Morgan fingerprint density at radius 1 is 1.34 bits per heavy atom. The highest BCUT2D eigenvalue weighted by Crippen LogP contribution is 2.35. The van der Waals surface area contributed by atoms with Crippen LogP contribution >= 0.6 is 23.2 Å². The number of carbonyl (C=O) groups is 1. The molecule has 154 valence electrons. The molecule has 0 spiro atoms. The highest BCUT2D eigenvalue weighted by Gasteiger charge is 2.38. The fourth-order valence-corrected chi connectivity index (χ4v) is 3.00. The molecule has 29 heavy (non-hydrogen) atoms. The van der Waals surface area contributed by atoms with Crippen LogP contribution in [0.1, 0.15) is 21.6 Å². The smallest absolute Gasteiger partial charge is 0.365 e. The number of benzene rings is 1. The molecule has 3 aromatic rings. The zero-order valence-electron chi connectivity index (χ0n) is 14.7. The lowest BCUT2D eigenvalue weighted by molar-refractivity contribution is -0.142. The van der Waals surface area contributed by atoms with Crippen molar-refractivity contribution in [2.45, 2.75) is 12.7 Å². The molecular weight excluding hydrogens is 434 g/mol. The standard InChI is InChI=1S/C16H14Cl2F3N7O/c1-28-12(18)9(11(27-28)16(19,20)21)6-23-14-10(13(22)29)15(26-25-14)24-8-4-2-3-7(17)5-8/h2-5H,6H2,1H3,(H2,22,29)(H3,23,24,25,26). The van der Waals surface area contributed by atoms with Crippen LogP contribution in [0.4, 0.5) is 30.5 Å². The second-order valence-electron chi connectivity index (χ2n) is 5.91. The van der Waals surface area contributed by atoms with Gasteiger partial charge >= 0.3 is 6.18 Å². The molecule has 0 bridgehead atoms. The fraction of sp³-hybridized carbons (Fsp3) is 0.188. The molecule has 0 radical (unpaired) electrons. The van der Waals surface area contributed by atoms with E-state index in [4.69, 9.17) is 28.9 Å². The third-order valence-corrected chi connectivity index (χ3v) is 4.59.